The maximum atomic E-state index is 12.7. The maximum absolute atomic E-state index is 12.7. The summed E-state index contributed by atoms with van der Waals surface area (Å²) in [5.74, 6) is 0.380. The summed E-state index contributed by atoms with van der Waals surface area (Å²) in [6.45, 7) is 3.62. The highest BCUT2D eigenvalue weighted by molar-refractivity contribution is 6.04. The normalized spacial score (nSPS) is 10.5. The van der Waals surface area contributed by atoms with Crippen LogP contribution in [0.3, 0.4) is 0 Å². The number of carbonyl (C=O) groups is 2. The minimum absolute atomic E-state index is 0.0913. The number of aryl methyl sites for hydroxylation is 1. The van der Waals surface area contributed by atoms with Crippen molar-refractivity contribution >= 4 is 23.2 Å². The zero-order valence-corrected chi connectivity index (χ0v) is 17.9. The number of amides is 2. The minimum atomic E-state index is -0.370. The van der Waals surface area contributed by atoms with E-state index >= 15 is 0 Å². The zero-order valence-electron chi connectivity index (χ0n) is 17.9. The molecule has 1 heterocycles. The zero-order chi connectivity index (χ0) is 22.4. The van der Waals surface area contributed by atoms with Crippen molar-refractivity contribution in [1.29, 1.82) is 0 Å². The van der Waals surface area contributed by atoms with Crippen LogP contribution >= 0.6 is 0 Å². The minimum Gasteiger partial charge on any atom is -0.493 e. The Balaban J connectivity index is 1.68. The lowest BCUT2D eigenvalue weighted by molar-refractivity contribution is -0.117. The number of aromatic nitrogens is 3. The van der Waals surface area contributed by atoms with Gasteiger partial charge in [-0.2, -0.15) is 0 Å². The summed E-state index contributed by atoms with van der Waals surface area (Å²) in [5.41, 5.74) is 2.97. The SMILES string of the molecule is CCc1ccccc1NC(=O)c1nnn(CC(=O)Nc2ccc(OC)c(OC)c2)c1C. The lowest BCUT2D eigenvalue weighted by Gasteiger charge is -2.11. The van der Waals surface area contributed by atoms with Crippen LogP contribution in [0.15, 0.2) is 42.5 Å². The van der Waals surface area contributed by atoms with Gasteiger partial charge in [-0.15, -0.1) is 5.10 Å². The summed E-state index contributed by atoms with van der Waals surface area (Å²) in [6.07, 6.45) is 0.790. The number of nitrogens with zero attached hydrogens (tertiary/aromatic N) is 3. The molecule has 162 valence electrons. The van der Waals surface area contributed by atoms with Crippen LogP contribution in [0.5, 0.6) is 11.5 Å². The molecule has 0 aliphatic rings. The van der Waals surface area contributed by atoms with Gasteiger partial charge in [-0.3, -0.25) is 9.59 Å². The third-order valence-corrected chi connectivity index (χ3v) is 4.80. The third-order valence-electron chi connectivity index (χ3n) is 4.80. The molecule has 0 spiro atoms. The average Bonchev–Trinajstić information content (AvgIpc) is 3.13. The van der Waals surface area contributed by atoms with Gasteiger partial charge in [0.15, 0.2) is 17.2 Å². The molecule has 9 heteroatoms. The van der Waals surface area contributed by atoms with Crippen LogP contribution in [0.2, 0.25) is 0 Å². The smallest absolute Gasteiger partial charge is 0.278 e. The van der Waals surface area contributed by atoms with Gasteiger partial charge in [0.05, 0.1) is 19.9 Å². The Morgan fingerprint density at radius 2 is 1.77 bits per heavy atom. The van der Waals surface area contributed by atoms with Crippen molar-refractivity contribution in [3.8, 4) is 11.5 Å². The fourth-order valence-corrected chi connectivity index (χ4v) is 3.10. The van der Waals surface area contributed by atoms with E-state index in [1.54, 1.807) is 25.1 Å². The lowest BCUT2D eigenvalue weighted by Crippen LogP contribution is -2.21. The second kappa shape index (κ2) is 9.75. The Labute approximate surface area is 180 Å². The van der Waals surface area contributed by atoms with E-state index in [1.165, 1.54) is 18.9 Å². The van der Waals surface area contributed by atoms with E-state index in [0.29, 0.717) is 22.9 Å². The van der Waals surface area contributed by atoms with Crippen molar-refractivity contribution in [2.24, 2.45) is 0 Å². The van der Waals surface area contributed by atoms with Crippen molar-refractivity contribution in [3.63, 3.8) is 0 Å². The van der Waals surface area contributed by atoms with Crippen molar-refractivity contribution in [3.05, 3.63) is 59.4 Å². The van der Waals surface area contributed by atoms with Crippen molar-refractivity contribution < 1.29 is 19.1 Å². The quantitative estimate of drug-likeness (QED) is 0.577. The van der Waals surface area contributed by atoms with Crippen LogP contribution in [0.4, 0.5) is 11.4 Å². The van der Waals surface area contributed by atoms with E-state index in [1.807, 2.05) is 31.2 Å². The van der Waals surface area contributed by atoms with Gasteiger partial charge in [-0.25, -0.2) is 4.68 Å². The molecule has 2 N–H and O–H groups in total. The molecule has 0 aliphatic heterocycles. The van der Waals surface area contributed by atoms with E-state index < -0.39 is 0 Å². The van der Waals surface area contributed by atoms with E-state index in [0.717, 1.165) is 17.7 Å². The molecule has 0 radical (unpaired) electrons. The molecule has 2 aromatic carbocycles. The van der Waals surface area contributed by atoms with Gasteiger partial charge < -0.3 is 20.1 Å². The Bertz CT molecular complexity index is 1090. The summed E-state index contributed by atoms with van der Waals surface area (Å²) in [4.78, 5) is 25.1. The highest BCUT2D eigenvalue weighted by Gasteiger charge is 2.19. The van der Waals surface area contributed by atoms with Gasteiger partial charge in [0.25, 0.3) is 5.91 Å². The average molecular weight is 423 g/mol. The van der Waals surface area contributed by atoms with E-state index in [-0.39, 0.29) is 24.1 Å². The predicted molar refractivity (Wildman–Crippen MR) is 117 cm³/mol. The predicted octanol–water partition coefficient (Wildman–Crippen LogP) is 3.06. The van der Waals surface area contributed by atoms with Gasteiger partial charge >= 0.3 is 0 Å². The standard InChI is InChI=1S/C22H25N5O4/c1-5-15-8-6-7-9-17(15)24-22(29)21-14(2)27(26-25-21)13-20(28)23-16-10-11-18(30-3)19(12-16)31-4/h6-12H,5,13H2,1-4H3,(H,23,28)(H,24,29). The van der Waals surface area contributed by atoms with E-state index in [9.17, 15) is 9.59 Å². The number of hydrogen-bond donors (Lipinski definition) is 2. The fraction of sp³-hybridized carbons (Fsp3) is 0.273. The third kappa shape index (κ3) is 5.00. The fourth-order valence-electron chi connectivity index (χ4n) is 3.10. The monoisotopic (exact) mass is 423 g/mol. The molecule has 0 unspecified atom stereocenters. The molecule has 1 aromatic heterocycles. The molecular weight excluding hydrogens is 398 g/mol. The Morgan fingerprint density at radius 1 is 1.03 bits per heavy atom. The molecule has 0 saturated carbocycles. The van der Waals surface area contributed by atoms with Crippen molar-refractivity contribution in [1.82, 2.24) is 15.0 Å². The number of rotatable bonds is 8. The van der Waals surface area contributed by atoms with Crippen LogP contribution in [0, 0.1) is 6.92 Å². The highest BCUT2D eigenvalue weighted by Crippen LogP contribution is 2.29. The number of nitrogens with one attached hydrogen (secondary N) is 2. The van der Waals surface area contributed by atoms with Gasteiger partial charge in [-0.1, -0.05) is 30.3 Å². The first kappa shape index (κ1) is 21.8. The first-order valence-corrected chi connectivity index (χ1v) is 9.78. The van der Waals surface area contributed by atoms with Crippen molar-refractivity contribution in [2.75, 3.05) is 24.9 Å². The number of carbonyl (C=O) groups excluding carboxylic acids is 2. The Kier molecular flexibility index (Phi) is 6.86. The van der Waals surface area contributed by atoms with E-state index in [4.69, 9.17) is 9.47 Å². The molecule has 3 rings (SSSR count). The molecule has 0 bridgehead atoms. The number of para-hydroxylation sites is 1. The Morgan fingerprint density at radius 3 is 2.48 bits per heavy atom. The van der Waals surface area contributed by atoms with Gasteiger partial charge in [-0.05, 0) is 37.1 Å². The summed E-state index contributed by atoms with van der Waals surface area (Å²) >= 11 is 0. The molecule has 0 aliphatic carbocycles. The first-order chi connectivity index (χ1) is 15.0. The van der Waals surface area contributed by atoms with Crippen LogP contribution in [-0.4, -0.2) is 41.0 Å². The molecule has 0 fully saturated rings. The first-order valence-electron chi connectivity index (χ1n) is 9.78. The topological polar surface area (TPSA) is 107 Å². The van der Waals surface area contributed by atoms with Gasteiger partial charge in [0.2, 0.25) is 5.91 Å². The summed E-state index contributed by atoms with van der Waals surface area (Å²) in [6, 6.07) is 12.6. The molecule has 0 atom stereocenters. The van der Waals surface area contributed by atoms with Crippen LogP contribution < -0.4 is 20.1 Å². The molecular formula is C22H25N5O4. The molecule has 3 aromatic rings. The largest absolute Gasteiger partial charge is 0.493 e. The number of hydrogen-bond acceptors (Lipinski definition) is 6. The molecule has 2 amide bonds. The molecule has 31 heavy (non-hydrogen) atoms. The number of anilines is 2. The molecule has 0 saturated heterocycles. The van der Waals surface area contributed by atoms with Crippen LogP contribution in [0.25, 0.3) is 0 Å². The highest BCUT2D eigenvalue weighted by atomic mass is 16.5. The second-order valence-electron chi connectivity index (χ2n) is 6.76. The van der Waals surface area contributed by atoms with E-state index in [2.05, 4.69) is 20.9 Å². The van der Waals surface area contributed by atoms with Crippen LogP contribution in [0.1, 0.15) is 28.7 Å². The van der Waals surface area contributed by atoms with Crippen LogP contribution in [-0.2, 0) is 17.8 Å². The second-order valence-corrected chi connectivity index (χ2v) is 6.76. The summed E-state index contributed by atoms with van der Waals surface area (Å²) in [5, 5.41) is 13.6. The lowest BCUT2D eigenvalue weighted by atomic mass is 10.1. The number of benzene rings is 2. The van der Waals surface area contributed by atoms with Crippen molar-refractivity contribution in [2.45, 2.75) is 26.8 Å². The molecule has 9 nitrogen and oxygen atoms in total. The van der Waals surface area contributed by atoms with Gasteiger partial charge in [0, 0.05) is 17.4 Å². The number of methoxy groups -OCH3 is 2. The summed E-state index contributed by atoms with van der Waals surface area (Å²) < 4.78 is 11.8. The summed E-state index contributed by atoms with van der Waals surface area (Å²) in [7, 11) is 3.06. The van der Waals surface area contributed by atoms with Gasteiger partial charge in [0.1, 0.15) is 6.54 Å². The number of ether oxygens (including phenoxy) is 2. The maximum Gasteiger partial charge on any atom is 0.278 e. The Hall–Kier alpha value is -3.88.